The van der Waals surface area contributed by atoms with Gasteiger partial charge in [-0.25, -0.2) is 0 Å². The molecule has 0 aromatic rings. The molecule has 2 unspecified atom stereocenters. The average Bonchev–Trinajstić information content (AvgIpc) is 2.71. The van der Waals surface area contributed by atoms with Gasteiger partial charge in [0.2, 0.25) is 0 Å². The summed E-state index contributed by atoms with van der Waals surface area (Å²) in [6, 6.07) is -0.332. The number of nitrogens with one attached hydrogen (secondary N) is 1. The lowest BCUT2D eigenvalue weighted by molar-refractivity contribution is -0.151. The van der Waals surface area contributed by atoms with Gasteiger partial charge in [-0.1, -0.05) is 13.8 Å². The summed E-state index contributed by atoms with van der Waals surface area (Å²) in [4.78, 5) is 12.7. The lowest BCUT2D eigenvalue weighted by atomic mass is 9.97. The van der Waals surface area contributed by atoms with Crippen molar-refractivity contribution in [3.05, 3.63) is 0 Å². The fraction of sp³-hybridized carbons (Fsp3) is 0.917. The molecule has 0 bridgehead atoms. The van der Waals surface area contributed by atoms with Crippen LogP contribution in [0.15, 0.2) is 0 Å². The zero-order valence-electron chi connectivity index (χ0n) is 11.3. The standard InChI is InChI=1S/C12H21F3N2O2/c1-3-16-11(10(18)19)6-5-9(7-11)17(4-2)8-12(13,14)15/h9,16H,3-8H2,1-2H3,(H,18,19). The van der Waals surface area contributed by atoms with Crippen LogP contribution in [-0.2, 0) is 4.79 Å². The third kappa shape index (κ3) is 4.07. The van der Waals surface area contributed by atoms with Gasteiger partial charge in [-0.3, -0.25) is 9.69 Å². The second kappa shape index (κ2) is 6.09. The number of carbonyl (C=O) groups is 1. The summed E-state index contributed by atoms with van der Waals surface area (Å²) >= 11 is 0. The summed E-state index contributed by atoms with van der Waals surface area (Å²) in [5, 5.41) is 12.2. The van der Waals surface area contributed by atoms with E-state index in [2.05, 4.69) is 5.32 Å². The second-order valence-electron chi connectivity index (χ2n) is 4.99. The molecule has 0 aromatic heterocycles. The number of hydrogen-bond donors (Lipinski definition) is 2. The van der Waals surface area contributed by atoms with Crippen LogP contribution in [0.1, 0.15) is 33.1 Å². The van der Waals surface area contributed by atoms with Crippen molar-refractivity contribution in [1.82, 2.24) is 10.2 Å². The number of aliphatic carboxylic acids is 1. The van der Waals surface area contributed by atoms with Gasteiger partial charge in [0.1, 0.15) is 5.54 Å². The Kier molecular flexibility index (Phi) is 5.20. The molecule has 0 aromatic carbocycles. The fourth-order valence-corrected chi connectivity index (χ4v) is 2.83. The molecule has 0 heterocycles. The molecule has 1 fully saturated rings. The highest BCUT2D eigenvalue weighted by molar-refractivity contribution is 5.79. The zero-order chi connectivity index (χ0) is 14.7. The number of halogens is 3. The van der Waals surface area contributed by atoms with Crippen molar-refractivity contribution in [1.29, 1.82) is 0 Å². The number of rotatable bonds is 6. The summed E-state index contributed by atoms with van der Waals surface area (Å²) in [5.41, 5.74) is -1.07. The smallest absolute Gasteiger partial charge is 0.401 e. The molecule has 1 aliphatic rings. The number of nitrogens with zero attached hydrogens (tertiary/aromatic N) is 1. The van der Waals surface area contributed by atoms with Crippen molar-refractivity contribution in [3.8, 4) is 0 Å². The highest BCUT2D eigenvalue weighted by Gasteiger charge is 2.47. The van der Waals surface area contributed by atoms with Crippen molar-refractivity contribution < 1.29 is 23.1 Å². The molecule has 0 amide bonds. The zero-order valence-corrected chi connectivity index (χ0v) is 11.3. The highest BCUT2D eigenvalue weighted by atomic mass is 19.4. The Morgan fingerprint density at radius 2 is 2.11 bits per heavy atom. The quantitative estimate of drug-likeness (QED) is 0.781. The molecule has 1 rings (SSSR count). The molecular weight excluding hydrogens is 261 g/mol. The van der Waals surface area contributed by atoms with Gasteiger partial charge in [-0.05, 0) is 32.4 Å². The van der Waals surface area contributed by atoms with Crippen LogP contribution in [0.5, 0.6) is 0 Å². The van der Waals surface area contributed by atoms with Gasteiger partial charge in [0.05, 0.1) is 6.54 Å². The van der Waals surface area contributed by atoms with Crippen molar-refractivity contribution in [2.45, 2.75) is 50.9 Å². The van der Waals surface area contributed by atoms with Gasteiger partial charge < -0.3 is 10.4 Å². The van der Waals surface area contributed by atoms with Gasteiger partial charge in [0, 0.05) is 6.04 Å². The lowest BCUT2D eigenvalue weighted by Crippen LogP contribution is -2.51. The Labute approximate surface area is 111 Å². The van der Waals surface area contributed by atoms with E-state index in [0.29, 0.717) is 19.4 Å². The summed E-state index contributed by atoms with van der Waals surface area (Å²) in [6.45, 7) is 3.25. The first kappa shape index (κ1) is 16.2. The number of likely N-dealkylation sites (N-methyl/N-ethyl adjacent to an activating group) is 1. The molecule has 7 heteroatoms. The highest BCUT2D eigenvalue weighted by Crippen LogP contribution is 2.34. The third-order valence-electron chi connectivity index (χ3n) is 3.72. The van der Waals surface area contributed by atoms with E-state index in [1.165, 1.54) is 4.90 Å². The molecular formula is C12H21F3N2O2. The molecule has 0 aliphatic heterocycles. The summed E-state index contributed by atoms with van der Waals surface area (Å²) in [7, 11) is 0. The first-order valence-electron chi connectivity index (χ1n) is 6.53. The van der Waals surface area contributed by atoms with Gasteiger partial charge in [-0.15, -0.1) is 0 Å². The Balaban J connectivity index is 2.74. The molecule has 4 nitrogen and oxygen atoms in total. The van der Waals surface area contributed by atoms with Crippen molar-refractivity contribution >= 4 is 5.97 Å². The van der Waals surface area contributed by atoms with E-state index in [4.69, 9.17) is 0 Å². The first-order valence-corrected chi connectivity index (χ1v) is 6.53. The molecule has 112 valence electrons. The number of carboxylic acids is 1. The van der Waals surface area contributed by atoms with Gasteiger partial charge >= 0.3 is 12.1 Å². The Morgan fingerprint density at radius 3 is 2.53 bits per heavy atom. The Bertz CT molecular complexity index is 323. The minimum Gasteiger partial charge on any atom is -0.480 e. The summed E-state index contributed by atoms with van der Waals surface area (Å²) in [5.74, 6) is -0.972. The van der Waals surface area contributed by atoms with E-state index in [1.54, 1.807) is 13.8 Å². The fourth-order valence-electron chi connectivity index (χ4n) is 2.83. The molecule has 0 saturated heterocycles. The molecule has 2 atom stereocenters. The topological polar surface area (TPSA) is 52.6 Å². The average molecular weight is 282 g/mol. The molecule has 1 saturated carbocycles. The lowest BCUT2D eigenvalue weighted by Gasteiger charge is -2.30. The molecule has 0 radical (unpaired) electrons. The minimum atomic E-state index is -4.25. The van der Waals surface area contributed by atoms with E-state index in [0.717, 1.165) is 0 Å². The number of hydrogen-bond acceptors (Lipinski definition) is 3. The van der Waals surface area contributed by atoms with Crippen molar-refractivity contribution in [3.63, 3.8) is 0 Å². The van der Waals surface area contributed by atoms with E-state index in [1.807, 2.05) is 0 Å². The van der Waals surface area contributed by atoms with Gasteiger partial charge in [0.15, 0.2) is 0 Å². The molecule has 2 N–H and O–H groups in total. The first-order chi connectivity index (χ1) is 8.74. The maximum absolute atomic E-state index is 12.5. The largest absolute Gasteiger partial charge is 0.480 e. The monoisotopic (exact) mass is 282 g/mol. The number of alkyl halides is 3. The van der Waals surface area contributed by atoms with Crippen LogP contribution >= 0.6 is 0 Å². The van der Waals surface area contributed by atoms with Gasteiger partial charge in [-0.2, -0.15) is 13.2 Å². The third-order valence-corrected chi connectivity index (χ3v) is 3.72. The van der Waals surface area contributed by atoms with Crippen LogP contribution in [0.4, 0.5) is 13.2 Å². The normalized spacial score (nSPS) is 28.0. The second-order valence-corrected chi connectivity index (χ2v) is 4.99. The van der Waals surface area contributed by atoms with Gasteiger partial charge in [0.25, 0.3) is 0 Å². The Hall–Kier alpha value is -0.820. The number of carboxylic acid groups (broad SMARTS) is 1. The summed E-state index contributed by atoms with van der Waals surface area (Å²) in [6.07, 6.45) is -3.18. The maximum Gasteiger partial charge on any atom is 0.401 e. The van der Waals surface area contributed by atoms with Crippen molar-refractivity contribution in [2.24, 2.45) is 0 Å². The molecule has 0 spiro atoms. The predicted molar refractivity (Wildman–Crippen MR) is 65.0 cm³/mol. The maximum atomic E-state index is 12.5. The van der Waals surface area contributed by atoms with Crippen LogP contribution in [-0.4, -0.2) is 53.4 Å². The van der Waals surface area contributed by atoms with Crippen LogP contribution in [0.2, 0.25) is 0 Å². The predicted octanol–water partition coefficient (Wildman–Crippen LogP) is 1.86. The van der Waals surface area contributed by atoms with Crippen molar-refractivity contribution in [2.75, 3.05) is 19.6 Å². The molecule has 19 heavy (non-hydrogen) atoms. The van der Waals surface area contributed by atoms with Crippen LogP contribution in [0.25, 0.3) is 0 Å². The SMILES string of the molecule is CCNC1(C(=O)O)CCC(N(CC)CC(F)(F)F)C1. The summed E-state index contributed by atoms with van der Waals surface area (Å²) < 4.78 is 37.4. The molecule has 1 aliphatic carbocycles. The van der Waals surface area contributed by atoms with E-state index in [9.17, 15) is 23.1 Å². The van der Waals surface area contributed by atoms with E-state index < -0.39 is 24.2 Å². The van der Waals surface area contributed by atoms with E-state index >= 15 is 0 Å². The Morgan fingerprint density at radius 1 is 1.47 bits per heavy atom. The van der Waals surface area contributed by atoms with Crippen LogP contribution in [0, 0.1) is 0 Å². The van der Waals surface area contributed by atoms with Crippen LogP contribution < -0.4 is 5.32 Å². The van der Waals surface area contributed by atoms with E-state index in [-0.39, 0.29) is 19.0 Å². The minimum absolute atomic E-state index is 0.222. The van der Waals surface area contributed by atoms with Crippen LogP contribution in [0.3, 0.4) is 0 Å².